The Morgan fingerprint density at radius 3 is 0.740 bits per heavy atom. The Hall–Kier alpha value is -8.32. The summed E-state index contributed by atoms with van der Waals surface area (Å²) in [6, 6.07) is 29.4. The second-order valence-corrected chi connectivity index (χ2v) is 15.1. The van der Waals surface area contributed by atoms with Crippen LogP contribution in [0.4, 0.5) is 17.1 Å². The Bertz CT molecular complexity index is 2680. The van der Waals surface area contributed by atoms with Crippen LogP contribution in [-0.4, -0.2) is 103 Å². The number of carbonyl (C=O) groups excluding carboxylic acids is 6. The molecule has 0 spiro atoms. The third-order valence-corrected chi connectivity index (χ3v) is 9.46. The van der Waals surface area contributed by atoms with Crippen molar-refractivity contribution in [3.05, 3.63) is 143 Å². The van der Waals surface area contributed by atoms with Crippen LogP contribution in [0.1, 0.15) is 104 Å². The first kappa shape index (κ1) is 59.0. The molecule has 3 heterocycles. The van der Waals surface area contributed by atoms with E-state index in [1.54, 1.807) is 93.6 Å². The summed E-state index contributed by atoms with van der Waals surface area (Å²) in [5.74, 6) is -5.48. The van der Waals surface area contributed by atoms with Gasteiger partial charge in [0.15, 0.2) is 0 Å². The van der Waals surface area contributed by atoms with Gasteiger partial charge in [-0.05, 0) is 127 Å². The number of rotatable bonds is 15. The van der Waals surface area contributed by atoms with Gasteiger partial charge < -0.3 is 47.2 Å². The molecular formula is C51H51N9O12Sm. The van der Waals surface area contributed by atoms with Crippen LogP contribution in [0.2, 0.25) is 0 Å². The van der Waals surface area contributed by atoms with E-state index in [2.05, 4.69) is 46.9 Å². The Morgan fingerprint density at radius 1 is 0.356 bits per heavy atom. The van der Waals surface area contributed by atoms with Gasteiger partial charge >= 0.3 is 17.9 Å². The smallest absolute Gasteiger partial charge is 0.354 e. The van der Waals surface area contributed by atoms with Crippen LogP contribution in [0.3, 0.4) is 0 Å². The summed E-state index contributed by atoms with van der Waals surface area (Å²) >= 11 is 0. The third-order valence-electron chi connectivity index (χ3n) is 9.46. The van der Waals surface area contributed by atoms with E-state index in [0.717, 1.165) is 0 Å². The first-order valence-corrected chi connectivity index (χ1v) is 22.0. The standard InChI is InChI=1S/3C17H17N3O4.Sm/c3*1-3-18-16(22)14-8-12(9-15(20-14)17(23)24)11-4-6-13(7-5-11)19-10(2)21;/h3*4-9H,3H2,1-2H3,(H,18,22)(H,19,21)(H,23,24);. The SMILES string of the molecule is CCNC(=O)c1cc(-c2ccc(NC(C)=O)cc2)cc(C(=O)O)n1.CCNC(=O)c1cc(-c2ccc(NC(C)=O)cc2)cc(C(=O)O)n1.CCNC(=O)c1cc(-c2ccc(NC(C)=O)cc2)cc(C(=O)O)n1.[Sm]. The minimum atomic E-state index is -1.21. The molecule has 0 fully saturated rings. The molecule has 3 aromatic heterocycles. The van der Waals surface area contributed by atoms with Crippen LogP contribution in [0.5, 0.6) is 0 Å². The van der Waals surface area contributed by atoms with Gasteiger partial charge in [0, 0.05) is 97.9 Å². The quantitative estimate of drug-likeness (QED) is 0.0532. The largest absolute Gasteiger partial charge is 0.477 e. The molecule has 6 rings (SSSR count). The van der Waals surface area contributed by atoms with Gasteiger partial charge in [0.1, 0.15) is 34.2 Å². The summed E-state index contributed by atoms with van der Waals surface area (Å²) in [5, 5.41) is 43.3. The van der Waals surface area contributed by atoms with Crippen molar-refractivity contribution in [3.63, 3.8) is 0 Å². The number of nitrogens with zero attached hydrogens (tertiary/aromatic N) is 3. The summed E-state index contributed by atoms with van der Waals surface area (Å²) in [6.45, 7) is 10.8. The van der Waals surface area contributed by atoms with Gasteiger partial charge in [-0.25, -0.2) is 29.3 Å². The number of nitrogens with one attached hydrogen (secondary N) is 6. The van der Waals surface area contributed by atoms with Crippen LogP contribution in [0.25, 0.3) is 33.4 Å². The van der Waals surface area contributed by atoms with E-state index < -0.39 is 35.6 Å². The molecule has 6 amide bonds. The van der Waals surface area contributed by atoms with Crippen molar-refractivity contribution in [2.45, 2.75) is 41.5 Å². The summed E-state index contributed by atoms with van der Waals surface area (Å²) in [7, 11) is 0. The molecule has 0 aliphatic carbocycles. The monoisotopic (exact) mass is 1130 g/mol. The Kier molecular flexibility index (Phi) is 23.0. The maximum absolute atomic E-state index is 12.0. The fourth-order valence-corrected chi connectivity index (χ4v) is 6.37. The van der Waals surface area contributed by atoms with E-state index in [1.807, 2.05) is 0 Å². The molecule has 73 heavy (non-hydrogen) atoms. The van der Waals surface area contributed by atoms with Crippen LogP contribution in [-0.2, 0) is 14.4 Å². The molecule has 6 aromatic rings. The van der Waals surface area contributed by atoms with E-state index in [9.17, 15) is 58.5 Å². The molecule has 0 aliphatic rings. The zero-order valence-corrected chi connectivity index (χ0v) is 42.9. The number of carbonyl (C=O) groups is 9. The van der Waals surface area contributed by atoms with Crippen molar-refractivity contribution < 1.29 is 98.9 Å². The predicted octanol–water partition coefficient (Wildman–Crippen LogP) is 6.46. The number of aromatic carboxylic acids is 3. The van der Waals surface area contributed by atoms with E-state index in [0.29, 0.717) is 70.1 Å². The Labute approximate surface area is 451 Å². The first-order chi connectivity index (χ1) is 34.2. The van der Waals surface area contributed by atoms with Gasteiger partial charge in [0.2, 0.25) is 17.7 Å². The topological polar surface area (TPSA) is 325 Å². The molecule has 22 heteroatoms. The number of amides is 6. The van der Waals surface area contributed by atoms with Crippen molar-refractivity contribution in [1.82, 2.24) is 30.9 Å². The molecular weight excluding hydrogens is 1080 g/mol. The number of carboxylic acids is 3. The van der Waals surface area contributed by atoms with E-state index in [-0.39, 0.29) is 92.3 Å². The first-order valence-electron chi connectivity index (χ1n) is 22.0. The average molecular weight is 1130 g/mol. The summed E-state index contributed by atoms with van der Waals surface area (Å²) in [4.78, 5) is 114. The number of carboxylic acid groups (broad SMARTS) is 3. The predicted molar refractivity (Wildman–Crippen MR) is 267 cm³/mol. The van der Waals surface area contributed by atoms with Crippen molar-refractivity contribution in [2.75, 3.05) is 35.6 Å². The molecule has 0 atom stereocenters. The molecule has 3 aromatic carbocycles. The van der Waals surface area contributed by atoms with Crippen LogP contribution in [0.15, 0.2) is 109 Å². The molecule has 0 saturated carbocycles. The van der Waals surface area contributed by atoms with Crippen LogP contribution < -0.4 is 31.9 Å². The molecule has 0 aliphatic heterocycles. The minimum Gasteiger partial charge on any atom is -0.477 e. The maximum Gasteiger partial charge on any atom is 0.354 e. The van der Waals surface area contributed by atoms with Crippen molar-refractivity contribution in [2.24, 2.45) is 0 Å². The number of benzene rings is 3. The molecule has 0 radical (unpaired) electrons. The van der Waals surface area contributed by atoms with Crippen molar-refractivity contribution in [3.8, 4) is 33.4 Å². The Balaban J connectivity index is 0.000000287. The fourth-order valence-electron chi connectivity index (χ4n) is 6.37. The number of pyridine rings is 3. The molecule has 21 nitrogen and oxygen atoms in total. The summed E-state index contributed by atoms with van der Waals surface area (Å²) in [5.41, 5.74) is 5.16. The minimum absolute atomic E-state index is 0. The number of hydrogen-bond donors (Lipinski definition) is 9. The maximum atomic E-state index is 12.0. The fraction of sp³-hybridized carbons (Fsp3) is 0.176. The van der Waals surface area contributed by atoms with Gasteiger partial charge in [-0.3, -0.25) is 28.8 Å². The summed E-state index contributed by atoms with van der Waals surface area (Å²) < 4.78 is 0. The number of anilines is 3. The van der Waals surface area contributed by atoms with E-state index >= 15 is 0 Å². The van der Waals surface area contributed by atoms with Crippen LogP contribution >= 0.6 is 0 Å². The van der Waals surface area contributed by atoms with Gasteiger partial charge in [-0.1, -0.05) is 36.4 Å². The average Bonchev–Trinajstić information content (AvgIpc) is 3.34. The molecule has 0 unspecified atom stereocenters. The van der Waals surface area contributed by atoms with E-state index in [4.69, 9.17) is 0 Å². The van der Waals surface area contributed by atoms with Crippen molar-refractivity contribution in [1.29, 1.82) is 0 Å². The normalized spacial score (nSPS) is 9.95. The van der Waals surface area contributed by atoms with Gasteiger partial charge in [0.05, 0.1) is 0 Å². The molecule has 0 bridgehead atoms. The zero-order chi connectivity index (χ0) is 53.1. The molecule has 378 valence electrons. The second-order valence-electron chi connectivity index (χ2n) is 15.1. The van der Waals surface area contributed by atoms with E-state index in [1.165, 1.54) is 57.2 Å². The second kappa shape index (κ2) is 28.5. The zero-order valence-electron chi connectivity index (χ0n) is 40.3. The number of aromatic nitrogens is 3. The van der Waals surface area contributed by atoms with Crippen molar-refractivity contribution >= 4 is 70.4 Å². The van der Waals surface area contributed by atoms with Gasteiger partial charge in [-0.2, -0.15) is 0 Å². The number of hydrogen-bond acceptors (Lipinski definition) is 12. The molecule has 9 N–H and O–H groups in total. The Morgan fingerprint density at radius 2 is 0.562 bits per heavy atom. The third kappa shape index (κ3) is 18.4. The van der Waals surface area contributed by atoms with Gasteiger partial charge in [-0.15, -0.1) is 0 Å². The van der Waals surface area contributed by atoms with Crippen LogP contribution in [0, 0.1) is 40.4 Å². The van der Waals surface area contributed by atoms with Gasteiger partial charge in [0.25, 0.3) is 17.7 Å². The molecule has 0 saturated heterocycles. The summed E-state index contributed by atoms with van der Waals surface area (Å²) in [6.07, 6.45) is 0.